The summed E-state index contributed by atoms with van der Waals surface area (Å²) in [5.41, 5.74) is 12.4. The third kappa shape index (κ3) is 17.0. The second kappa shape index (κ2) is 22.9. The first-order chi connectivity index (χ1) is 19.3. The monoisotopic (exact) mass is 561 g/mol. The summed E-state index contributed by atoms with van der Waals surface area (Å²) in [7, 11) is 0. The molecular weight excluding hydrogens is 496 g/mol. The van der Waals surface area contributed by atoms with Crippen LogP contribution in [0.3, 0.4) is 0 Å². The lowest BCUT2D eigenvalue weighted by molar-refractivity contribution is 0.404. The van der Waals surface area contributed by atoms with E-state index in [-0.39, 0.29) is 18.9 Å². The van der Waals surface area contributed by atoms with Crippen molar-refractivity contribution in [1.82, 2.24) is 5.32 Å². The molecule has 2 atom stereocenters. The van der Waals surface area contributed by atoms with E-state index < -0.39 is 0 Å². The first-order valence-electron chi connectivity index (χ1n) is 15.8. The molecule has 41 heavy (non-hydrogen) atoms. The van der Waals surface area contributed by atoms with Gasteiger partial charge < -0.3 is 11.1 Å². The Morgan fingerprint density at radius 1 is 0.927 bits per heavy atom. The molecule has 3 N–H and O–H groups in total. The summed E-state index contributed by atoms with van der Waals surface area (Å²) in [5.74, 6) is 0. The number of hydrogen-bond donors (Lipinski definition) is 2. The lowest BCUT2D eigenvalue weighted by atomic mass is 9.67. The molecule has 0 spiro atoms. The minimum Gasteiger partial charge on any atom is -0.402 e. The van der Waals surface area contributed by atoms with Crippen LogP contribution in [0.1, 0.15) is 122 Å². The number of unbranched alkanes of at least 4 members (excludes halogenated alkanes) is 8. The van der Waals surface area contributed by atoms with Crippen LogP contribution in [0.2, 0.25) is 0 Å². The van der Waals surface area contributed by atoms with Crippen LogP contribution in [0.5, 0.6) is 0 Å². The number of nitrogens with one attached hydrogen (secondary N) is 1. The molecule has 0 radical (unpaired) electrons. The van der Waals surface area contributed by atoms with Crippen molar-refractivity contribution in [3.63, 3.8) is 0 Å². The van der Waals surface area contributed by atoms with E-state index in [1.807, 2.05) is 6.08 Å². The fraction of sp³-hybridized carbons (Fsp3) is 0.538. The summed E-state index contributed by atoms with van der Waals surface area (Å²) in [6.07, 6.45) is 29.4. The van der Waals surface area contributed by atoms with Crippen molar-refractivity contribution in [3.8, 4) is 0 Å². The lowest BCUT2D eigenvalue weighted by Crippen LogP contribution is -2.31. The fourth-order valence-corrected chi connectivity index (χ4v) is 5.25. The number of nitrogens with two attached hydrogens (primary N) is 1. The number of aryl methyl sites for hydroxylation is 1. The second-order valence-electron chi connectivity index (χ2n) is 11.8. The topological polar surface area (TPSA) is 38.0 Å². The predicted molar refractivity (Wildman–Crippen MR) is 187 cm³/mol. The van der Waals surface area contributed by atoms with Gasteiger partial charge in [-0.15, -0.1) is 6.58 Å². The van der Waals surface area contributed by atoms with Crippen molar-refractivity contribution in [2.75, 3.05) is 0 Å². The Morgan fingerprint density at radius 2 is 1.51 bits per heavy atom. The van der Waals surface area contributed by atoms with E-state index in [2.05, 4.69) is 94.9 Å². The molecule has 1 aromatic rings. The van der Waals surface area contributed by atoms with Gasteiger partial charge in [0.25, 0.3) is 0 Å². The average molecular weight is 561 g/mol. The van der Waals surface area contributed by atoms with Crippen LogP contribution in [0, 0.1) is 12.3 Å². The smallest absolute Gasteiger partial charge is 0.0476 e. The second-order valence-corrected chi connectivity index (χ2v) is 11.8. The van der Waals surface area contributed by atoms with Gasteiger partial charge in [-0.2, -0.15) is 0 Å². The van der Waals surface area contributed by atoms with E-state index in [0.717, 1.165) is 25.0 Å². The molecule has 2 heteroatoms. The maximum absolute atomic E-state index is 5.99. The van der Waals surface area contributed by atoms with Gasteiger partial charge in [-0.05, 0) is 83.4 Å². The molecule has 0 aliphatic heterocycles. The molecule has 1 aliphatic rings. The Kier molecular flexibility index (Phi) is 21.4. The van der Waals surface area contributed by atoms with Gasteiger partial charge in [0.1, 0.15) is 0 Å². The van der Waals surface area contributed by atoms with Crippen LogP contribution in [-0.2, 0) is 6.42 Å². The lowest BCUT2D eigenvalue weighted by Gasteiger charge is -2.38. The van der Waals surface area contributed by atoms with Crippen molar-refractivity contribution < 1.29 is 0 Å². The molecule has 0 saturated carbocycles. The van der Waals surface area contributed by atoms with Crippen LogP contribution in [0.15, 0.2) is 97.9 Å². The van der Waals surface area contributed by atoms with Crippen molar-refractivity contribution in [1.29, 1.82) is 0 Å². The van der Waals surface area contributed by atoms with E-state index >= 15 is 0 Å². The molecule has 0 aromatic heterocycles. The summed E-state index contributed by atoms with van der Waals surface area (Å²) >= 11 is 0. The Balaban J connectivity index is 0.000000901. The molecule has 0 heterocycles. The van der Waals surface area contributed by atoms with E-state index in [1.165, 1.54) is 99.3 Å². The molecule has 0 fully saturated rings. The Morgan fingerprint density at radius 3 is 2.02 bits per heavy atom. The van der Waals surface area contributed by atoms with Gasteiger partial charge in [-0.1, -0.05) is 138 Å². The first-order valence-corrected chi connectivity index (χ1v) is 15.8. The Bertz CT molecular complexity index is 933. The maximum atomic E-state index is 5.99. The molecule has 1 unspecified atom stereocenters. The molecule has 0 saturated heterocycles. The van der Waals surface area contributed by atoms with Crippen LogP contribution in [-0.4, -0.2) is 6.04 Å². The minimum atomic E-state index is 0. The molecule has 2 nitrogen and oxygen atoms in total. The highest BCUT2D eigenvalue weighted by molar-refractivity contribution is 5.33. The van der Waals surface area contributed by atoms with E-state index in [0.29, 0.717) is 0 Å². The zero-order chi connectivity index (χ0) is 29.6. The third-order valence-corrected chi connectivity index (χ3v) is 7.88. The Labute approximate surface area is 255 Å². The molecule has 1 aromatic carbocycles. The third-order valence-electron chi connectivity index (χ3n) is 7.88. The zero-order valence-electron chi connectivity index (χ0n) is 26.3. The fourth-order valence-electron chi connectivity index (χ4n) is 5.25. The molecular formula is C39H64N2. The van der Waals surface area contributed by atoms with Gasteiger partial charge in [-0.25, -0.2) is 0 Å². The van der Waals surface area contributed by atoms with Crippen LogP contribution in [0.4, 0.5) is 0 Å². The van der Waals surface area contributed by atoms with Crippen molar-refractivity contribution in [2.45, 2.75) is 131 Å². The zero-order valence-corrected chi connectivity index (χ0v) is 26.3. The SMILES string of the molecule is C.C=C(CCCCCCC)CCCCCC/C=C/C[C@@]1(C(=C)N)C=C(C)C1.C=CNC(C=C)Cc1ccc(C)cc1. The Hall–Kier alpha value is -2.74. The average Bonchev–Trinajstić information content (AvgIpc) is 2.91. The van der Waals surface area contributed by atoms with Gasteiger partial charge in [0, 0.05) is 17.2 Å². The van der Waals surface area contributed by atoms with Gasteiger partial charge in [0.05, 0.1) is 0 Å². The number of allylic oxidation sites excluding steroid dienone is 5. The van der Waals surface area contributed by atoms with Crippen molar-refractivity contribution in [3.05, 3.63) is 109 Å². The molecule has 0 amide bonds. The van der Waals surface area contributed by atoms with Crippen molar-refractivity contribution in [2.24, 2.45) is 11.1 Å². The van der Waals surface area contributed by atoms with Gasteiger partial charge >= 0.3 is 0 Å². The highest BCUT2D eigenvalue weighted by atomic mass is 14.9. The predicted octanol–water partition coefficient (Wildman–Crippen LogP) is 11.5. The molecule has 0 bridgehead atoms. The van der Waals surface area contributed by atoms with Crippen LogP contribution < -0.4 is 11.1 Å². The summed E-state index contributed by atoms with van der Waals surface area (Å²) in [5, 5.41) is 3.14. The largest absolute Gasteiger partial charge is 0.402 e. The van der Waals surface area contributed by atoms with Crippen molar-refractivity contribution >= 4 is 0 Å². The summed E-state index contributed by atoms with van der Waals surface area (Å²) in [6, 6.07) is 8.83. The molecule has 1 aliphatic carbocycles. The van der Waals surface area contributed by atoms with Gasteiger partial charge in [0.15, 0.2) is 0 Å². The van der Waals surface area contributed by atoms with Gasteiger partial charge in [0.2, 0.25) is 0 Å². The van der Waals surface area contributed by atoms with Gasteiger partial charge in [-0.3, -0.25) is 0 Å². The quantitative estimate of drug-likeness (QED) is 0.116. The summed E-state index contributed by atoms with van der Waals surface area (Å²) < 4.78 is 0. The molecule has 230 valence electrons. The molecule has 2 rings (SSSR count). The standard InChI is InChI=1S/C25H43N.C13H17N.CH4/c1-5-6-7-11-14-17-22(2)18-15-12-9-8-10-13-16-19-25(24(4)26)20-23(3)21-25;1-4-13(14-5-2)10-12-8-6-11(3)7-9-12;/h13,16,20H,2,4-12,14-15,17-19,21,26H2,1,3H3;4-9,13-14H,1-2,10H2,3H3;1H4/b16-13+;;/t25-;;/m1../s1. The minimum absolute atomic E-state index is 0. The van der Waals surface area contributed by atoms with E-state index in [4.69, 9.17) is 5.73 Å². The normalized spacial score (nSPS) is 16.3. The summed E-state index contributed by atoms with van der Waals surface area (Å²) in [6.45, 7) is 22.2. The van der Waals surface area contributed by atoms with Crippen LogP contribution in [0.25, 0.3) is 0 Å². The van der Waals surface area contributed by atoms with E-state index in [9.17, 15) is 0 Å². The number of rotatable bonds is 21. The number of hydrogen-bond acceptors (Lipinski definition) is 2. The summed E-state index contributed by atoms with van der Waals surface area (Å²) in [4.78, 5) is 0. The highest BCUT2D eigenvalue weighted by Gasteiger charge is 2.35. The number of benzene rings is 1. The van der Waals surface area contributed by atoms with Crippen LogP contribution >= 0.6 is 0 Å². The first kappa shape index (κ1) is 38.3. The van der Waals surface area contributed by atoms with E-state index in [1.54, 1.807) is 6.20 Å². The highest BCUT2D eigenvalue weighted by Crippen LogP contribution is 2.45. The maximum Gasteiger partial charge on any atom is 0.0476 e.